The molecular weight excluding hydrogens is 618 g/mol. The molecule has 14 heteroatoms. The molecule has 1 fully saturated rings. The van der Waals surface area contributed by atoms with Crippen molar-refractivity contribution in [2.45, 2.75) is 26.4 Å². The molecule has 0 saturated carbocycles. The number of benzene rings is 2. The lowest BCUT2D eigenvalue weighted by atomic mass is 10.1. The van der Waals surface area contributed by atoms with E-state index in [1.807, 2.05) is 19.1 Å². The van der Waals surface area contributed by atoms with Crippen molar-refractivity contribution in [3.63, 3.8) is 0 Å². The predicted octanol–water partition coefficient (Wildman–Crippen LogP) is 4.20. The SMILES string of the molecule is Cc1c(NC(=O)OCCN2CCOCC2)cn2ncc(C#N)c(Nc3ccc(Oc4cccc(OC(C)(C)C(=O)NCCO)c4)cc3)c12. The van der Waals surface area contributed by atoms with Gasteiger partial charge in [0.2, 0.25) is 0 Å². The molecule has 252 valence electrons. The van der Waals surface area contributed by atoms with Crippen LogP contribution >= 0.6 is 0 Å². The largest absolute Gasteiger partial charge is 0.478 e. The van der Waals surface area contributed by atoms with Crippen molar-refractivity contribution < 1.29 is 33.6 Å². The summed E-state index contributed by atoms with van der Waals surface area (Å²) >= 11 is 0. The van der Waals surface area contributed by atoms with Gasteiger partial charge in [0.05, 0.1) is 54.7 Å². The summed E-state index contributed by atoms with van der Waals surface area (Å²) in [7, 11) is 0. The number of aryl methyl sites for hydroxylation is 1. The minimum Gasteiger partial charge on any atom is -0.478 e. The lowest BCUT2D eigenvalue weighted by molar-refractivity contribution is -0.134. The van der Waals surface area contributed by atoms with E-state index < -0.39 is 11.7 Å². The summed E-state index contributed by atoms with van der Waals surface area (Å²) in [5.41, 5.74) is 2.24. The van der Waals surface area contributed by atoms with Crippen LogP contribution in [-0.4, -0.2) is 89.8 Å². The summed E-state index contributed by atoms with van der Waals surface area (Å²) in [6.45, 7) is 8.95. The van der Waals surface area contributed by atoms with Crippen LogP contribution in [0.2, 0.25) is 0 Å². The molecule has 0 bridgehead atoms. The van der Waals surface area contributed by atoms with Crippen LogP contribution in [-0.2, 0) is 14.3 Å². The highest BCUT2D eigenvalue weighted by molar-refractivity contribution is 5.93. The number of hydrogen-bond acceptors (Lipinski definition) is 11. The monoisotopic (exact) mass is 657 g/mol. The van der Waals surface area contributed by atoms with Gasteiger partial charge in [0.25, 0.3) is 5.91 Å². The van der Waals surface area contributed by atoms with Crippen LogP contribution in [0.1, 0.15) is 25.0 Å². The maximum atomic E-state index is 12.6. The van der Waals surface area contributed by atoms with Crippen molar-refractivity contribution in [1.29, 1.82) is 5.26 Å². The summed E-state index contributed by atoms with van der Waals surface area (Å²) in [6.07, 6.45) is 2.57. The number of nitrogens with one attached hydrogen (secondary N) is 3. The Hall–Kier alpha value is -5.36. The van der Waals surface area contributed by atoms with Crippen molar-refractivity contribution in [2.75, 3.05) is 63.2 Å². The average Bonchev–Trinajstić information content (AvgIpc) is 3.39. The van der Waals surface area contributed by atoms with Gasteiger partial charge in [-0.1, -0.05) is 6.07 Å². The number of amides is 2. The highest BCUT2D eigenvalue weighted by atomic mass is 16.5. The zero-order valence-corrected chi connectivity index (χ0v) is 27.1. The third-order valence-corrected chi connectivity index (χ3v) is 7.64. The molecule has 0 atom stereocenters. The Morgan fingerprint density at radius 1 is 1.10 bits per heavy atom. The molecule has 3 heterocycles. The third-order valence-electron chi connectivity index (χ3n) is 7.64. The van der Waals surface area contributed by atoms with E-state index >= 15 is 0 Å². The van der Waals surface area contributed by atoms with E-state index in [1.165, 1.54) is 6.20 Å². The molecule has 1 aliphatic rings. The number of nitrogens with zero attached hydrogens (tertiary/aromatic N) is 4. The molecule has 0 spiro atoms. The topological polar surface area (TPSA) is 172 Å². The number of fused-ring (bicyclic) bond motifs is 1. The van der Waals surface area contributed by atoms with E-state index in [2.05, 4.69) is 32.0 Å². The molecule has 14 nitrogen and oxygen atoms in total. The number of aliphatic hydroxyl groups excluding tert-OH is 1. The van der Waals surface area contributed by atoms with Crippen LogP contribution in [0, 0.1) is 18.3 Å². The van der Waals surface area contributed by atoms with E-state index in [4.69, 9.17) is 24.1 Å². The molecule has 0 radical (unpaired) electrons. The minimum atomic E-state index is -1.16. The number of aliphatic hydroxyl groups is 1. The number of morpholine rings is 1. The predicted molar refractivity (Wildman–Crippen MR) is 178 cm³/mol. The molecule has 5 rings (SSSR count). The Balaban J connectivity index is 1.24. The first-order valence-electron chi connectivity index (χ1n) is 15.5. The molecule has 4 aromatic rings. The van der Waals surface area contributed by atoms with Crippen LogP contribution in [0.3, 0.4) is 0 Å². The van der Waals surface area contributed by atoms with Gasteiger partial charge in [0.15, 0.2) is 5.60 Å². The van der Waals surface area contributed by atoms with Crippen LogP contribution in [0.5, 0.6) is 17.2 Å². The molecule has 2 aromatic carbocycles. The van der Waals surface area contributed by atoms with E-state index in [9.17, 15) is 14.9 Å². The summed E-state index contributed by atoms with van der Waals surface area (Å²) in [6, 6.07) is 16.3. The first-order valence-corrected chi connectivity index (χ1v) is 15.5. The molecule has 0 aliphatic carbocycles. The lowest BCUT2D eigenvalue weighted by Crippen LogP contribution is -2.47. The standard InChI is InChI=1S/C34H39N7O7/c1-23-29(39-33(44)46-18-14-40-12-16-45-17-13-40)22-41-31(23)30(24(20-35)21-37-41)38-25-7-9-26(10-8-25)47-27-5-4-6-28(19-27)48-34(2,3)32(43)36-11-15-42/h4-10,19,21-22,38,42H,11-18H2,1-3H3,(H,36,43)(H,39,44). The number of nitriles is 1. The number of rotatable bonds is 13. The molecular formula is C34H39N7O7. The highest BCUT2D eigenvalue weighted by Gasteiger charge is 2.29. The van der Waals surface area contributed by atoms with E-state index in [1.54, 1.807) is 61.0 Å². The van der Waals surface area contributed by atoms with Gasteiger partial charge in [-0.05, 0) is 57.2 Å². The number of carbonyl (C=O) groups is 2. The summed E-state index contributed by atoms with van der Waals surface area (Å²) in [5.74, 6) is 1.15. The fourth-order valence-corrected chi connectivity index (χ4v) is 5.07. The summed E-state index contributed by atoms with van der Waals surface area (Å²) in [5, 5.41) is 31.9. The zero-order valence-electron chi connectivity index (χ0n) is 27.1. The molecule has 4 N–H and O–H groups in total. The van der Waals surface area contributed by atoms with Gasteiger partial charge in [-0.2, -0.15) is 10.4 Å². The second-order valence-electron chi connectivity index (χ2n) is 11.5. The molecule has 2 amide bonds. The Labute approximate surface area is 278 Å². The maximum absolute atomic E-state index is 12.6. The van der Waals surface area contributed by atoms with Crippen molar-refractivity contribution in [2.24, 2.45) is 0 Å². The Morgan fingerprint density at radius 3 is 2.58 bits per heavy atom. The fraction of sp³-hybridized carbons (Fsp3) is 0.353. The van der Waals surface area contributed by atoms with Gasteiger partial charge in [-0.3, -0.25) is 15.0 Å². The van der Waals surface area contributed by atoms with Crippen LogP contribution in [0.25, 0.3) is 5.52 Å². The van der Waals surface area contributed by atoms with Gasteiger partial charge in [0, 0.05) is 43.5 Å². The van der Waals surface area contributed by atoms with Crippen molar-refractivity contribution in [3.05, 3.63) is 72.1 Å². The molecule has 48 heavy (non-hydrogen) atoms. The lowest BCUT2D eigenvalue weighted by Gasteiger charge is -2.26. The third kappa shape index (κ3) is 8.51. The van der Waals surface area contributed by atoms with Gasteiger partial charge in [-0.15, -0.1) is 0 Å². The Kier molecular flexibility index (Phi) is 11.0. The zero-order chi connectivity index (χ0) is 34.1. The maximum Gasteiger partial charge on any atom is 0.411 e. The van der Waals surface area contributed by atoms with Crippen molar-refractivity contribution in [3.8, 4) is 23.3 Å². The molecule has 0 unspecified atom stereocenters. The average molecular weight is 658 g/mol. The van der Waals surface area contributed by atoms with E-state index in [-0.39, 0.29) is 25.7 Å². The number of aromatic nitrogens is 2. The molecule has 2 aromatic heterocycles. The summed E-state index contributed by atoms with van der Waals surface area (Å²) in [4.78, 5) is 27.1. The molecule has 1 saturated heterocycles. The van der Waals surface area contributed by atoms with Gasteiger partial charge in [-0.25, -0.2) is 9.31 Å². The number of anilines is 3. The normalized spacial score (nSPS) is 13.4. The smallest absolute Gasteiger partial charge is 0.411 e. The second kappa shape index (κ2) is 15.5. The first kappa shape index (κ1) is 34.0. The van der Waals surface area contributed by atoms with Gasteiger partial charge >= 0.3 is 6.09 Å². The Morgan fingerprint density at radius 2 is 1.85 bits per heavy atom. The van der Waals surface area contributed by atoms with Crippen LogP contribution in [0.4, 0.5) is 21.9 Å². The molecule has 1 aliphatic heterocycles. The second-order valence-corrected chi connectivity index (χ2v) is 11.5. The van der Waals surface area contributed by atoms with Crippen molar-refractivity contribution in [1.82, 2.24) is 19.8 Å². The number of carbonyl (C=O) groups excluding carboxylic acids is 2. The van der Waals surface area contributed by atoms with Crippen LogP contribution in [0.15, 0.2) is 60.9 Å². The van der Waals surface area contributed by atoms with Gasteiger partial charge < -0.3 is 34.7 Å². The quantitative estimate of drug-likeness (QED) is 0.162. The number of ether oxygens (including phenoxy) is 4. The Bertz CT molecular complexity index is 1780. The van der Waals surface area contributed by atoms with E-state index in [0.29, 0.717) is 70.7 Å². The van der Waals surface area contributed by atoms with E-state index in [0.717, 1.165) is 13.1 Å². The summed E-state index contributed by atoms with van der Waals surface area (Å²) < 4.78 is 24.3. The first-order chi connectivity index (χ1) is 23.2. The van der Waals surface area contributed by atoms with Crippen LogP contribution < -0.4 is 25.4 Å². The van der Waals surface area contributed by atoms with Crippen molar-refractivity contribution >= 4 is 34.6 Å². The number of hydrogen-bond donors (Lipinski definition) is 4. The van der Waals surface area contributed by atoms with Gasteiger partial charge in [0.1, 0.15) is 29.9 Å². The highest BCUT2D eigenvalue weighted by Crippen LogP contribution is 2.33. The minimum absolute atomic E-state index is 0.139. The fourth-order valence-electron chi connectivity index (χ4n) is 5.07.